The largest absolute Gasteiger partial charge is 0.370 e. The maximum absolute atomic E-state index is 11.2. The fourth-order valence-electron chi connectivity index (χ4n) is 4.05. The van der Waals surface area contributed by atoms with E-state index in [1.165, 1.54) is 38.5 Å². The second-order valence-corrected chi connectivity index (χ2v) is 6.33. The number of hydrogen-bond acceptors (Lipinski definition) is 3. The van der Waals surface area contributed by atoms with Crippen LogP contribution in [0.25, 0.3) is 0 Å². The van der Waals surface area contributed by atoms with Crippen LogP contribution < -0.4 is 11.1 Å². The van der Waals surface area contributed by atoms with E-state index in [0.29, 0.717) is 30.6 Å². The van der Waals surface area contributed by atoms with Gasteiger partial charge in [-0.15, -0.1) is 0 Å². The van der Waals surface area contributed by atoms with Crippen LogP contribution in [-0.2, 0) is 4.79 Å². The first-order chi connectivity index (χ1) is 9.11. The number of carbonyl (C=O) groups excluding carboxylic acids is 1. The first-order valence-electron chi connectivity index (χ1n) is 7.91. The highest BCUT2D eigenvalue weighted by Crippen LogP contribution is 2.36. The number of amides is 1. The van der Waals surface area contributed by atoms with E-state index in [1.807, 2.05) is 0 Å². The van der Waals surface area contributed by atoms with E-state index in [9.17, 15) is 4.79 Å². The molecule has 2 saturated heterocycles. The van der Waals surface area contributed by atoms with Gasteiger partial charge in [0, 0.05) is 30.6 Å². The van der Waals surface area contributed by atoms with E-state index in [-0.39, 0.29) is 5.91 Å². The van der Waals surface area contributed by atoms with Gasteiger partial charge in [-0.1, -0.05) is 13.3 Å². The maximum atomic E-state index is 11.2. The first-order valence-corrected chi connectivity index (χ1v) is 7.91. The standard InChI is InChI=1S/C15H29N3O/c1-3-7-17-12-9-13-5-4-6-14(10-12)18(13)11(2)8-15(16)19/h11-14,17H,3-10H2,1-2H3,(H2,16,19). The molecule has 110 valence electrons. The van der Waals surface area contributed by atoms with Crippen LogP contribution in [0.2, 0.25) is 0 Å². The summed E-state index contributed by atoms with van der Waals surface area (Å²) in [5, 5.41) is 3.68. The Morgan fingerprint density at radius 1 is 1.37 bits per heavy atom. The van der Waals surface area contributed by atoms with Crippen molar-refractivity contribution in [2.45, 2.75) is 83.0 Å². The lowest BCUT2D eigenvalue weighted by Gasteiger charge is -2.51. The second-order valence-electron chi connectivity index (χ2n) is 6.33. The van der Waals surface area contributed by atoms with Crippen LogP contribution >= 0.6 is 0 Å². The predicted octanol–water partition coefficient (Wildman–Crippen LogP) is 1.64. The van der Waals surface area contributed by atoms with Crippen molar-refractivity contribution in [1.82, 2.24) is 10.2 Å². The highest BCUT2D eigenvalue weighted by atomic mass is 16.1. The van der Waals surface area contributed by atoms with Crippen LogP contribution in [-0.4, -0.2) is 41.5 Å². The first kappa shape index (κ1) is 14.8. The predicted molar refractivity (Wildman–Crippen MR) is 77.9 cm³/mol. The van der Waals surface area contributed by atoms with Crippen molar-refractivity contribution in [3.05, 3.63) is 0 Å². The van der Waals surface area contributed by atoms with Gasteiger partial charge in [-0.3, -0.25) is 9.69 Å². The number of hydrogen-bond donors (Lipinski definition) is 2. The van der Waals surface area contributed by atoms with Crippen LogP contribution in [0, 0.1) is 0 Å². The molecule has 2 heterocycles. The molecule has 1 amide bonds. The van der Waals surface area contributed by atoms with Gasteiger partial charge in [-0.05, 0) is 45.6 Å². The van der Waals surface area contributed by atoms with E-state index in [1.54, 1.807) is 0 Å². The van der Waals surface area contributed by atoms with E-state index < -0.39 is 0 Å². The number of nitrogens with one attached hydrogen (secondary N) is 1. The molecule has 0 radical (unpaired) electrons. The third-order valence-electron chi connectivity index (χ3n) is 4.72. The van der Waals surface area contributed by atoms with Crippen molar-refractivity contribution < 1.29 is 4.79 Å². The van der Waals surface area contributed by atoms with E-state index in [0.717, 1.165) is 6.54 Å². The van der Waals surface area contributed by atoms with Gasteiger partial charge >= 0.3 is 0 Å². The molecular formula is C15H29N3O. The Bertz CT molecular complexity index is 294. The van der Waals surface area contributed by atoms with Crippen LogP contribution in [0.5, 0.6) is 0 Å². The molecular weight excluding hydrogens is 238 g/mol. The number of carbonyl (C=O) groups is 1. The van der Waals surface area contributed by atoms with Gasteiger partial charge in [-0.2, -0.15) is 0 Å². The Morgan fingerprint density at radius 3 is 2.53 bits per heavy atom. The van der Waals surface area contributed by atoms with Gasteiger partial charge in [0.1, 0.15) is 0 Å². The molecule has 4 heteroatoms. The Hall–Kier alpha value is -0.610. The molecule has 3 atom stereocenters. The molecule has 0 spiro atoms. The summed E-state index contributed by atoms with van der Waals surface area (Å²) >= 11 is 0. The van der Waals surface area contributed by atoms with E-state index in [4.69, 9.17) is 5.73 Å². The molecule has 0 aromatic rings. The van der Waals surface area contributed by atoms with E-state index >= 15 is 0 Å². The van der Waals surface area contributed by atoms with Gasteiger partial charge in [-0.25, -0.2) is 0 Å². The molecule has 0 aromatic carbocycles. The van der Waals surface area contributed by atoms with Gasteiger partial charge < -0.3 is 11.1 Å². The summed E-state index contributed by atoms with van der Waals surface area (Å²) < 4.78 is 0. The molecule has 0 saturated carbocycles. The molecule has 0 aromatic heterocycles. The van der Waals surface area contributed by atoms with Gasteiger partial charge in [0.25, 0.3) is 0 Å². The molecule has 3 unspecified atom stereocenters. The van der Waals surface area contributed by atoms with Crippen LogP contribution in [0.4, 0.5) is 0 Å². The fraction of sp³-hybridized carbons (Fsp3) is 0.933. The minimum Gasteiger partial charge on any atom is -0.370 e. The number of fused-ring (bicyclic) bond motifs is 2. The lowest BCUT2D eigenvalue weighted by atomic mass is 9.80. The van der Waals surface area contributed by atoms with Gasteiger partial charge in [0.15, 0.2) is 0 Å². The quantitative estimate of drug-likeness (QED) is 0.769. The summed E-state index contributed by atoms with van der Waals surface area (Å²) in [6.45, 7) is 5.51. The molecule has 0 aliphatic carbocycles. The minimum absolute atomic E-state index is 0.170. The second kappa shape index (κ2) is 6.71. The minimum atomic E-state index is -0.170. The fourth-order valence-corrected chi connectivity index (χ4v) is 4.05. The van der Waals surface area contributed by atoms with Crippen molar-refractivity contribution in [3.63, 3.8) is 0 Å². The number of primary amides is 1. The summed E-state index contributed by atoms with van der Waals surface area (Å²) in [5.41, 5.74) is 5.37. The highest BCUT2D eigenvalue weighted by Gasteiger charge is 2.40. The van der Waals surface area contributed by atoms with E-state index in [2.05, 4.69) is 24.1 Å². The van der Waals surface area contributed by atoms with Crippen molar-refractivity contribution >= 4 is 5.91 Å². The summed E-state index contributed by atoms with van der Waals surface area (Å²) in [4.78, 5) is 13.8. The average molecular weight is 267 g/mol. The van der Waals surface area contributed by atoms with Crippen LogP contribution in [0.15, 0.2) is 0 Å². The maximum Gasteiger partial charge on any atom is 0.218 e. The SMILES string of the molecule is CCCNC1CC2CCCC(C1)N2C(C)CC(N)=O. The summed E-state index contributed by atoms with van der Waals surface area (Å²) in [6.07, 6.45) is 8.08. The van der Waals surface area contributed by atoms with Gasteiger partial charge in [0.2, 0.25) is 5.91 Å². The van der Waals surface area contributed by atoms with Gasteiger partial charge in [0.05, 0.1) is 0 Å². The molecule has 3 N–H and O–H groups in total. The Morgan fingerprint density at radius 2 is 2.00 bits per heavy atom. The number of piperidine rings is 2. The van der Waals surface area contributed by atoms with Crippen molar-refractivity contribution in [3.8, 4) is 0 Å². The Kier molecular flexibility index (Phi) is 5.22. The average Bonchev–Trinajstić information content (AvgIpc) is 2.34. The molecule has 19 heavy (non-hydrogen) atoms. The topological polar surface area (TPSA) is 58.4 Å². The lowest BCUT2D eigenvalue weighted by molar-refractivity contribution is -0.120. The zero-order chi connectivity index (χ0) is 13.8. The molecule has 2 fully saturated rings. The molecule has 2 rings (SSSR count). The molecule has 2 aliphatic heterocycles. The van der Waals surface area contributed by atoms with Crippen LogP contribution in [0.1, 0.15) is 58.8 Å². The number of nitrogens with zero attached hydrogens (tertiary/aromatic N) is 1. The lowest BCUT2D eigenvalue weighted by Crippen LogP contribution is -2.59. The third kappa shape index (κ3) is 3.69. The molecule has 2 bridgehead atoms. The summed E-state index contributed by atoms with van der Waals surface area (Å²) in [6, 6.07) is 2.28. The number of rotatable bonds is 6. The molecule has 4 nitrogen and oxygen atoms in total. The summed E-state index contributed by atoms with van der Waals surface area (Å²) in [5.74, 6) is -0.170. The Balaban J connectivity index is 1.97. The molecule has 2 aliphatic rings. The van der Waals surface area contributed by atoms with Crippen molar-refractivity contribution in [2.24, 2.45) is 5.73 Å². The third-order valence-corrected chi connectivity index (χ3v) is 4.72. The monoisotopic (exact) mass is 267 g/mol. The Labute approximate surface area is 117 Å². The number of nitrogens with two attached hydrogens (primary N) is 1. The summed E-state index contributed by atoms with van der Waals surface area (Å²) in [7, 11) is 0. The zero-order valence-corrected chi connectivity index (χ0v) is 12.4. The van der Waals surface area contributed by atoms with Crippen molar-refractivity contribution in [1.29, 1.82) is 0 Å². The van der Waals surface area contributed by atoms with Crippen molar-refractivity contribution in [2.75, 3.05) is 6.54 Å². The smallest absolute Gasteiger partial charge is 0.218 e. The highest BCUT2D eigenvalue weighted by molar-refractivity contribution is 5.74. The zero-order valence-electron chi connectivity index (χ0n) is 12.4. The van der Waals surface area contributed by atoms with Crippen LogP contribution in [0.3, 0.4) is 0 Å². The normalized spacial score (nSPS) is 33.1.